The number of carbonyl (C=O) groups excluding carboxylic acids is 1. The average Bonchev–Trinajstić information content (AvgIpc) is 2.92. The minimum absolute atomic E-state index is 0.0598. The number of furan rings is 1. The Hall–Kier alpha value is -1.71. The van der Waals surface area contributed by atoms with E-state index >= 15 is 0 Å². The topological polar surface area (TPSA) is 45.5 Å². The fourth-order valence-electron chi connectivity index (χ4n) is 2.35. The van der Waals surface area contributed by atoms with Crippen molar-refractivity contribution in [2.45, 2.75) is 45.2 Å². The zero-order valence-electron chi connectivity index (χ0n) is 11.7. The summed E-state index contributed by atoms with van der Waals surface area (Å²) in [5.74, 6) is 0.794. The molecule has 1 atom stereocenters. The molecule has 0 spiro atoms. The third kappa shape index (κ3) is 3.88. The molecule has 4 heteroatoms. The van der Waals surface area contributed by atoms with Gasteiger partial charge in [0.1, 0.15) is 5.76 Å². The lowest BCUT2D eigenvalue weighted by molar-refractivity contribution is 0.201. The van der Waals surface area contributed by atoms with Gasteiger partial charge in [-0.3, -0.25) is 0 Å². The van der Waals surface area contributed by atoms with E-state index in [1.54, 1.807) is 18.2 Å². The van der Waals surface area contributed by atoms with Gasteiger partial charge in [0.15, 0.2) is 0 Å². The van der Waals surface area contributed by atoms with Crippen molar-refractivity contribution in [1.82, 2.24) is 10.2 Å². The predicted octanol–water partition coefficient (Wildman–Crippen LogP) is 3.31. The first-order chi connectivity index (χ1) is 9.16. The minimum atomic E-state index is -0.0598. The van der Waals surface area contributed by atoms with Crippen LogP contribution in [0.2, 0.25) is 0 Å². The van der Waals surface area contributed by atoms with Crippen molar-refractivity contribution in [2.75, 3.05) is 7.05 Å². The van der Waals surface area contributed by atoms with E-state index in [2.05, 4.69) is 18.3 Å². The summed E-state index contributed by atoms with van der Waals surface area (Å²) in [6.45, 7) is 2.54. The van der Waals surface area contributed by atoms with Crippen molar-refractivity contribution < 1.29 is 9.21 Å². The zero-order valence-corrected chi connectivity index (χ0v) is 11.7. The van der Waals surface area contributed by atoms with Crippen LogP contribution in [0, 0.1) is 0 Å². The number of carbonyl (C=O) groups is 1. The van der Waals surface area contributed by atoms with Crippen molar-refractivity contribution in [3.8, 4) is 0 Å². The molecule has 2 rings (SSSR count). The summed E-state index contributed by atoms with van der Waals surface area (Å²) in [7, 11) is 1.78. The highest BCUT2D eigenvalue weighted by Gasteiger charge is 2.16. The maximum atomic E-state index is 12.1. The molecule has 1 aliphatic rings. The van der Waals surface area contributed by atoms with E-state index in [9.17, 15) is 4.79 Å². The largest absolute Gasteiger partial charge is 0.467 e. The second-order valence-electron chi connectivity index (χ2n) is 5.13. The average molecular weight is 262 g/mol. The molecule has 0 saturated carbocycles. The van der Waals surface area contributed by atoms with Gasteiger partial charge < -0.3 is 14.6 Å². The lowest BCUT2D eigenvalue weighted by Crippen LogP contribution is -2.42. The summed E-state index contributed by atoms with van der Waals surface area (Å²) in [5.41, 5.74) is 1.35. The monoisotopic (exact) mass is 262 g/mol. The maximum absolute atomic E-state index is 12.1. The van der Waals surface area contributed by atoms with Crippen LogP contribution in [0.15, 0.2) is 34.5 Å². The van der Waals surface area contributed by atoms with Crippen LogP contribution in [0.25, 0.3) is 0 Å². The van der Waals surface area contributed by atoms with Gasteiger partial charge in [-0.15, -0.1) is 0 Å². The Morgan fingerprint density at radius 3 is 3.00 bits per heavy atom. The first-order valence-corrected chi connectivity index (χ1v) is 6.90. The molecule has 0 saturated heterocycles. The van der Waals surface area contributed by atoms with Gasteiger partial charge in [0.25, 0.3) is 0 Å². The molecule has 4 nitrogen and oxygen atoms in total. The molecule has 0 fully saturated rings. The highest BCUT2D eigenvalue weighted by atomic mass is 16.3. The Balaban J connectivity index is 1.84. The fourth-order valence-corrected chi connectivity index (χ4v) is 2.35. The SMILES string of the molecule is CC(NC(=O)N(C)Cc1ccco1)C1=CCCCC1. The van der Waals surface area contributed by atoms with Crippen LogP contribution in [-0.4, -0.2) is 24.0 Å². The number of hydrogen-bond donors (Lipinski definition) is 1. The number of nitrogens with zero attached hydrogens (tertiary/aromatic N) is 1. The van der Waals surface area contributed by atoms with Crippen LogP contribution in [0.4, 0.5) is 4.79 Å². The van der Waals surface area contributed by atoms with E-state index in [1.807, 2.05) is 12.1 Å². The Labute approximate surface area is 114 Å². The standard InChI is InChI=1S/C15H22N2O2/c1-12(13-7-4-3-5-8-13)16-15(18)17(2)11-14-9-6-10-19-14/h6-7,9-10,12H,3-5,8,11H2,1-2H3,(H,16,18). The van der Waals surface area contributed by atoms with Gasteiger partial charge in [0.2, 0.25) is 0 Å². The van der Waals surface area contributed by atoms with Crippen molar-refractivity contribution in [3.63, 3.8) is 0 Å². The van der Waals surface area contributed by atoms with Crippen molar-refractivity contribution in [1.29, 1.82) is 0 Å². The van der Waals surface area contributed by atoms with E-state index in [1.165, 1.54) is 18.4 Å². The normalized spacial score (nSPS) is 16.6. The van der Waals surface area contributed by atoms with Gasteiger partial charge in [-0.05, 0) is 44.7 Å². The van der Waals surface area contributed by atoms with E-state index in [0.29, 0.717) is 6.54 Å². The van der Waals surface area contributed by atoms with Crippen molar-refractivity contribution in [2.24, 2.45) is 0 Å². The number of amides is 2. The molecule has 19 heavy (non-hydrogen) atoms. The summed E-state index contributed by atoms with van der Waals surface area (Å²) < 4.78 is 5.24. The molecule has 0 radical (unpaired) electrons. The summed E-state index contributed by atoms with van der Waals surface area (Å²) >= 11 is 0. The molecule has 1 aromatic heterocycles. The lowest BCUT2D eigenvalue weighted by atomic mass is 9.95. The summed E-state index contributed by atoms with van der Waals surface area (Å²) in [4.78, 5) is 13.7. The fraction of sp³-hybridized carbons (Fsp3) is 0.533. The molecule has 1 N–H and O–H groups in total. The van der Waals surface area contributed by atoms with Crippen molar-refractivity contribution in [3.05, 3.63) is 35.8 Å². The molecular formula is C15H22N2O2. The van der Waals surface area contributed by atoms with E-state index in [-0.39, 0.29) is 12.1 Å². The molecule has 0 aliphatic heterocycles. The smallest absolute Gasteiger partial charge is 0.318 e. The molecule has 1 heterocycles. The number of nitrogens with one attached hydrogen (secondary N) is 1. The Bertz CT molecular complexity index is 437. The quantitative estimate of drug-likeness (QED) is 0.846. The summed E-state index contributed by atoms with van der Waals surface area (Å²) in [6.07, 6.45) is 8.62. The first-order valence-electron chi connectivity index (χ1n) is 6.90. The lowest BCUT2D eigenvalue weighted by Gasteiger charge is -2.24. The molecular weight excluding hydrogens is 240 g/mol. The van der Waals surface area contributed by atoms with Gasteiger partial charge >= 0.3 is 6.03 Å². The van der Waals surface area contributed by atoms with E-state index < -0.39 is 0 Å². The number of hydrogen-bond acceptors (Lipinski definition) is 2. The van der Waals surface area contributed by atoms with Crippen LogP contribution in [0.5, 0.6) is 0 Å². The second kappa shape index (κ2) is 6.45. The molecule has 104 valence electrons. The second-order valence-corrected chi connectivity index (χ2v) is 5.13. The van der Waals surface area contributed by atoms with Gasteiger partial charge in [-0.1, -0.05) is 11.6 Å². The highest BCUT2D eigenvalue weighted by molar-refractivity contribution is 5.74. The molecule has 0 aromatic carbocycles. The van der Waals surface area contributed by atoms with E-state index in [0.717, 1.165) is 18.6 Å². The summed E-state index contributed by atoms with van der Waals surface area (Å²) in [5, 5.41) is 3.04. The Kier molecular flexibility index (Phi) is 4.66. The van der Waals surface area contributed by atoms with Crippen molar-refractivity contribution >= 4 is 6.03 Å². The molecule has 1 aromatic rings. The van der Waals surface area contributed by atoms with Gasteiger partial charge in [0, 0.05) is 13.1 Å². The highest BCUT2D eigenvalue weighted by Crippen LogP contribution is 2.20. The predicted molar refractivity (Wildman–Crippen MR) is 74.7 cm³/mol. The maximum Gasteiger partial charge on any atom is 0.318 e. The number of urea groups is 1. The van der Waals surface area contributed by atoms with Gasteiger partial charge in [-0.2, -0.15) is 0 Å². The minimum Gasteiger partial charge on any atom is -0.467 e. The number of allylic oxidation sites excluding steroid dienone is 1. The number of rotatable bonds is 4. The van der Waals surface area contributed by atoms with E-state index in [4.69, 9.17) is 4.42 Å². The van der Waals surface area contributed by atoms with Crippen LogP contribution < -0.4 is 5.32 Å². The molecule has 2 amide bonds. The summed E-state index contributed by atoms with van der Waals surface area (Å²) in [6, 6.07) is 3.76. The Morgan fingerprint density at radius 1 is 1.53 bits per heavy atom. The van der Waals surface area contributed by atoms with Gasteiger partial charge in [-0.25, -0.2) is 4.79 Å². The third-order valence-corrected chi connectivity index (χ3v) is 3.54. The Morgan fingerprint density at radius 2 is 2.37 bits per heavy atom. The molecule has 1 aliphatic carbocycles. The van der Waals surface area contributed by atoms with Gasteiger partial charge in [0.05, 0.1) is 12.8 Å². The van der Waals surface area contributed by atoms with Crippen LogP contribution >= 0.6 is 0 Å². The van der Waals surface area contributed by atoms with Crippen LogP contribution in [-0.2, 0) is 6.54 Å². The first kappa shape index (κ1) is 13.7. The zero-order chi connectivity index (χ0) is 13.7. The molecule has 0 bridgehead atoms. The third-order valence-electron chi connectivity index (χ3n) is 3.54. The molecule has 1 unspecified atom stereocenters. The van der Waals surface area contributed by atoms with Crippen LogP contribution in [0.1, 0.15) is 38.4 Å². The van der Waals surface area contributed by atoms with Crippen LogP contribution in [0.3, 0.4) is 0 Å².